The van der Waals surface area contributed by atoms with Crippen LogP contribution in [-0.4, -0.2) is 41.0 Å². The lowest BCUT2D eigenvalue weighted by Crippen LogP contribution is -2.31. The van der Waals surface area contributed by atoms with Gasteiger partial charge in [0.1, 0.15) is 12.2 Å². The Morgan fingerprint density at radius 3 is 2.65 bits per heavy atom. The number of nitrogens with one attached hydrogen (secondary N) is 1. The first kappa shape index (κ1) is 16.7. The van der Waals surface area contributed by atoms with Crippen molar-refractivity contribution < 1.29 is 19.6 Å². The second kappa shape index (κ2) is 7.08. The van der Waals surface area contributed by atoms with E-state index in [1.54, 1.807) is 0 Å². The Hall–Kier alpha value is -2.64. The van der Waals surface area contributed by atoms with Gasteiger partial charge in [-0.2, -0.15) is 0 Å². The van der Waals surface area contributed by atoms with Gasteiger partial charge in [-0.15, -0.1) is 0 Å². The molecule has 0 unspecified atom stereocenters. The van der Waals surface area contributed by atoms with Crippen LogP contribution in [0.4, 0.5) is 11.4 Å². The van der Waals surface area contributed by atoms with E-state index in [2.05, 4.69) is 5.32 Å². The second-order valence-corrected chi connectivity index (χ2v) is 5.52. The average Bonchev–Trinajstić information content (AvgIpc) is 3.29. The zero-order valence-electron chi connectivity index (χ0n) is 12.8. The number of rotatable bonds is 8. The zero-order chi connectivity index (χ0) is 17.0. The van der Waals surface area contributed by atoms with E-state index in [0.717, 1.165) is 12.8 Å². The molecule has 124 valence electrons. The molecular formula is C15H19N3O5. The number of hydrogen-bond donors (Lipinski definition) is 2. The second-order valence-electron chi connectivity index (χ2n) is 5.52. The summed E-state index contributed by atoms with van der Waals surface area (Å²) in [6.45, 7) is 1.90. The van der Waals surface area contributed by atoms with Crippen LogP contribution in [0.2, 0.25) is 0 Å². The fourth-order valence-corrected chi connectivity index (χ4v) is 2.29. The van der Waals surface area contributed by atoms with Crippen molar-refractivity contribution in [2.75, 3.05) is 18.0 Å². The SMILES string of the molecule is CCCN(CC(=O)O)c1ccc(C(=O)NC2CC2)cc1[N+](=O)[O-]. The van der Waals surface area contributed by atoms with E-state index in [0.29, 0.717) is 13.0 Å². The largest absolute Gasteiger partial charge is 0.480 e. The van der Waals surface area contributed by atoms with Gasteiger partial charge in [0, 0.05) is 24.2 Å². The van der Waals surface area contributed by atoms with Crippen LogP contribution in [0, 0.1) is 10.1 Å². The number of benzene rings is 1. The number of anilines is 1. The Kier molecular flexibility index (Phi) is 5.15. The fourth-order valence-electron chi connectivity index (χ4n) is 2.29. The van der Waals surface area contributed by atoms with Crippen LogP contribution in [0.5, 0.6) is 0 Å². The Morgan fingerprint density at radius 2 is 2.13 bits per heavy atom. The quantitative estimate of drug-likeness (QED) is 0.557. The number of carbonyl (C=O) groups excluding carboxylic acids is 1. The highest BCUT2D eigenvalue weighted by Gasteiger charge is 2.26. The van der Waals surface area contributed by atoms with Crippen molar-refractivity contribution in [1.29, 1.82) is 0 Å². The maximum absolute atomic E-state index is 12.0. The molecule has 0 saturated heterocycles. The van der Waals surface area contributed by atoms with Crippen LogP contribution in [0.1, 0.15) is 36.5 Å². The number of aliphatic carboxylic acids is 1. The van der Waals surface area contributed by atoms with Crippen molar-refractivity contribution in [2.45, 2.75) is 32.2 Å². The summed E-state index contributed by atoms with van der Waals surface area (Å²) in [6.07, 6.45) is 2.50. The van der Waals surface area contributed by atoms with Gasteiger partial charge in [0.25, 0.3) is 11.6 Å². The third-order valence-corrected chi connectivity index (χ3v) is 3.51. The van der Waals surface area contributed by atoms with Gasteiger partial charge in [-0.25, -0.2) is 0 Å². The molecule has 1 aromatic carbocycles. The maximum atomic E-state index is 12.0. The predicted molar refractivity (Wildman–Crippen MR) is 83.7 cm³/mol. The lowest BCUT2D eigenvalue weighted by Gasteiger charge is -2.22. The van der Waals surface area contributed by atoms with Crippen molar-refractivity contribution in [1.82, 2.24) is 5.32 Å². The molecule has 0 bridgehead atoms. The zero-order valence-corrected chi connectivity index (χ0v) is 12.8. The lowest BCUT2D eigenvalue weighted by molar-refractivity contribution is -0.384. The normalized spacial score (nSPS) is 13.4. The topological polar surface area (TPSA) is 113 Å². The van der Waals surface area contributed by atoms with E-state index < -0.39 is 10.9 Å². The molecule has 0 aromatic heterocycles. The number of hydrogen-bond acceptors (Lipinski definition) is 5. The smallest absolute Gasteiger partial charge is 0.323 e. The molecule has 0 aliphatic heterocycles. The molecule has 1 saturated carbocycles. The van der Waals surface area contributed by atoms with Crippen LogP contribution in [0.25, 0.3) is 0 Å². The number of nitrogens with zero attached hydrogens (tertiary/aromatic N) is 2. The Bertz CT molecular complexity index is 628. The maximum Gasteiger partial charge on any atom is 0.323 e. The molecular weight excluding hydrogens is 302 g/mol. The molecule has 1 fully saturated rings. The summed E-state index contributed by atoms with van der Waals surface area (Å²) in [7, 11) is 0. The van der Waals surface area contributed by atoms with Gasteiger partial charge < -0.3 is 15.3 Å². The monoisotopic (exact) mass is 321 g/mol. The molecule has 23 heavy (non-hydrogen) atoms. The average molecular weight is 321 g/mol. The molecule has 0 heterocycles. The van der Waals surface area contributed by atoms with Crippen molar-refractivity contribution in [3.63, 3.8) is 0 Å². The van der Waals surface area contributed by atoms with Crippen molar-refractivity contribution in [3.05, 3.63) is 33.9 Å². The molecule has 2 N–H and O–H groups in total. The summed E-state index contributed by atoms with van der Waals surface area (Å²) in [4.78, 5) is 35.1. The molecule has 1 aliphatic rings. The third-order valence-electron chi connectivity index (χ3n) is 3.51. The minimum Gasteiger partial charge on any atom is -0.480 e. The van der Waals surface area contributed by atoms with Crippen molar-refractivity contribution in [3.8, 4) is 0 Å². The molecule has 8 heteroatoms. The summed E-state index contributed by atoms with van der Waals surface area (Å²) in [5.41, 5.74) is 0.157. The van der Waals surface area contributed by atoms with Gasteiger partial charge in [-0.05, 0) is 31.4 Å². The first-order valence-electron chi connectivity index (χ1n) is 7.48. The number of nitro benzene ring substituents is 1. The van der Waals surface area contributed by atoms with Crippen LogP contribution in [0.15, 0.2) is 18.2 Å². The lowest BCUT2D eigenvalue weighted by atomic mass is 10.1. The van der Waals surface area contributed by atoms with Crippen molar-refractivity contribution >= 4 is 23.3 Å². The highest BCUT2D eigenvalue weighted by Crippen LogP contribution is 2.30. The molecule has 8 nitrogen and oxygen atoms in total. The summed E-state index contributed by atoms with van der Waals surface area (Å²) in [5.74, 6) is -1.41. The van der Waals surface area contributed by atoms with Crippen molar-refractivity contribution in [2.24, 2.45) is 0 Å². The Balaban J connectivity index is 2.32. The highest BCUT2D eigenvalue weighted by molar-refractivity contribution is 5.96. The van der Waals surface area contributed by atoms with Gasteiger partial charge in [0.15, 0.2) is 0 Å². The van der Waals surface area contributed by atoms with E-state index in [9.17, 15) is 19.7 Å². The standard InChI is InChI=1S/C15H19N3O5/c1-2-7-17(9-14(19)20)12-6-3-10(8-13(12)18(22)23)15(21)16-11-4-5-11/h3,6,8,11H,2,4-5,7,9H2,1H3,(H,16,21)(H,19,20). The molecule has 0 spiro atoms. The van der Waals surface area contributed by atoms with E-state index >= 15 is 0 Å². The van der Waals surface area contributed by atoms with Crippen LogP contribution < -0.4 is 10.2 Å². The van der Waals surface area contributed by atoms with E-state index in [1.807, 2.05) is 6.92 Å². The predicted octanol–water partition coefficient (Wildman–Crippen LogP) is 1.79. The summed E-state index contributed by atoms with van der Waals surface area (Å²) >= 11 is 0. The van der Waals surface area contributed by atoms with Gasteiger partial charge in [-0.3, -0.25) is 19.7 Å². The molecule has 1 amide bonds. The minimum absolute atomic E-state index is 0.157. The number of carboxylic acid groups (broad SMARTS) is 1. The van der Waals surface area contributed by atoms with Gasteiger partial charge in [0.2, 0.25) is 0 Å². The fraction of sp³-hybridized carbons (Fsp3) is 0.467. The molecule has 1 aliphatic carbocycles. The first-order valence-corrected chi connectivity index (χ1v) is 7.48. The number of carboxylic acids is 1. The highest BCUT2D eigenvalue weighted by atomic mass is 16.6. The molecule has 1 aromatic rings. The van der Waals surface area contributed by atoms with E-state index in [4.69, 9.17) is 5.11 Å². The van der Waals surface area contributed by atoms with E-state index in [-0.39, 0.29) is 35.4 Å². The van der Waals surface area contributed by atoms with Gasteiger partial charge in [-0.1, -0.05) is 6.92 Å². The molecule has 0 radical (unpaired) electrons. The number of carbonyl (C=O) groups is 2. The Morgan fingerprint density at radius 1 is 1.43 bits per heavy atom. The minimum atomic E-state index is -1.07. The molecule has 0 atom stereocenters. The molecule has 2 rings (SSSR count). The summed E-state index contributed by atoms with van der Waals surface area (Å²) < 4.78 is 0. The van der Waals surface area contributed by atoms with Gasteiger partial charge in [0.05, 0.1) is 4.92 Å². The van der Waals surface area contributed by atoms with Crippen LogP contribution in [-0.2, 0) is 4.79 Å². The summed E-state index contributed by atoms with van der Waals surface area (Å²) in [5, 5.41) is 23.1. The van der Waals surface area contributed by atoms with Crippen LogP contribution in [0.3, 0.4) is 0 Å². The van der Waals surface area contributed by atoms with Gasteiger partial charge >= 0.3 is 5.97 Å². The Labute approximate surface area is 133 Å². The first-order chi connectivity index (χ1) is 10.9. The third kappa shape index (κ3) is 4.41. The number of amides is 1. The van der Waals surface area contributed by atoms with E-state index in [1.165, 1.54) is 23.1 Å². The number of nitro groups is 1. The van der Waals surface area contributed by atoms with Crippen LogP contribution >= 0.6 is 0 Å². The summed E-state index contributed by atoms with van der Waals surface area (Å²) in [6, 6.07) is 4.30.